The molecule has 0 N–H and O–H groups in total. The van der Waals surface area contributed by atoms with Crippen LogP contribution >= 0.6 is 0 Å². The summed E-state index contributed by atoms with van der Waals surface area (Å²) in [6.45, 7) is 7.06. The van der Waals surface area contributed by atoms with E-state index < -0.39 is 0 Å². The molecule has 0 aliphatic heterocycles. The second kappa shape index (κ2) is 9.57. The van der Waals surface area contributed by atoms with Gasteiger partial charge in [-0.05, 0) is 49.8 Å². The van der Waals surface area contributed by atoms with Gasteiger partial charge < -0.3 is 4.74 Å². The summed E-state index contributed by atoms with van der Waals surface area (Å²) in [6.07, 6.45) is 9.48. The van der Waals surface area contributed by atoms with Crippen LogP contribution < -0.4 is 4.74 Å². The normalized spacial score (nSPS) is 12.8. The molecule has 0 saturated heterocycles. The van der Waals surface area contributed by atoms with E-state index in [4.69, 9.17) is 4.74 Å². The van der Waals surface area contributed by atoms with Gasteiger partial charge in [-0.25, -0.2) is 4.39 Å². The summed E-state index contributed by atoms with van der Waals surface area (Å²) in [6, 6.07) is 4.90. The molecule has 0 aromatic heterocycles. The number of hydrogen-bond donors (Lipinski definition) is 0. The van der Waals surface area contributed by atoms with E-state index in [2.05, 4.69) is 32.9 Å². The molecule has 0 fully saturated rings. The smallest absolute Gasteiger partial charge is 0.123 e. The van der Waals surface area contributed by atoms with Gasteiger partial charge in [0, 0.05) is 5.56 Å². The molecule has 1 aromatic rings. The molecule has 0 amide bonds. The molecule has 1 nitrogen and oxygen atoms in total. The third kappa shape index (κ3) is 5.36. The maximum absolute atomic E-state index is 13.6. The molecule has 0 radical (unpaired) electrons. The Hall–Kier alpha value is -1.31. The molecule has 20 heavy (non-hydrogen) atoms. The number of hydrogen-bond acceptors (Lipinski definition) is 1. The second-order valence-electron chi connectivity index (χ2n) is 5.13. The van der Waals surface area contributed by atoms with Gasteiger partial charge in [-0.1, -0.05) is 39.3 Å². The Balaban J connectivity index is 2.96. The third-order valence-electron chi connectivity index (χ3n) is 3.33. The third-order valence-corrected chi connectivity index (χ3v) is 3.33. The van der Waals surface area contributed by atoms with Crippen LogP contribution in [0.5, 0.6) is 5.75 Å². The SMILES string of the molecule is CC/C=C\CC(CCC)c1cc(F)ccc1OCCC. The van der Waals surface area contributed by atoms with E-state index >= 15 is 0 Å². The molecule has 0 aliphatic rings. The van der Waals surface area contributed by atoms with Crippen LogP contribution in [-0.2, 0) is 0 Å². The lowest BCUT2D eigenvalue weighted by Crippen LogP contribution is -2.04. The average Bonchev–Trinajstić information content (AvgIpc) is 2.45. The second-order valence-corrected chi connectivity index (χ2v) is 5.13. The molecule has 1 unspecified atom stereocenters. The lowest BCUT2D eigenvalue weighted by atomic mass is 9.90. The quantitative estimate of drug-likeness (QED) is 0.514. The maximum atomic E-state index is 13.6. The fraction of sp³-hybridized carbons (Fsp3) is 0.556. The highest BCUT2D eigenvalue weighted by Crippen LogP contribution is 2.33. The summed E-state index contributed by atoms with van der Waals surface area (Å²) in [4.78, 5) is 0. The highest BCUT2D eigenvalue weighted by Gasteiger charge is 2.15. The first kappa shape index (κ1) is 16.7. The lowest BCUT2D eigenvalue weighted by molar-refractivity contribution is 0.310. The highest BCUT2D eigenvalue weighted by molar-refractivity contribution is 5.37. The zero-order valence-electron chi connectivity index (χ0n) is 13.0. The first-order chi connectivity index (χ1) is 9.72. The van der Waals surface area contributed by atoms with Crippen molar-refractivity contribution in [3.63, 3.8) is 0 Å². The minimum atomic E-state index is -0.176. The van der Waals surface area contributed by atoms with Crippen LogP contribution in [0.3, 0.4) is 0 Å². The summed E-state index contributed by atoms with van der Waals surface area (Å²) in [5.74, 6) is 1.01. The maximum Gasteiger partial charge on any atom is 0.123 e. The molecule has 0 saturated carbocycles. The van der Waals surface area contributed by atoms with Gasteiger partial charge in [0.25, 0.3) is 0 Å². The van der Waals surface area contributed by atoms with Gasteiger partial charge in [0.1, 0.15) is 11.6 Å². The monoisotopic (exact) mass is 278 g/mol. The van der Waals surface area contributed by atoms with Crippen LogP contribution in [-0.4, -0.2) is 6.61 Å². The number of benzene rings is 1. The zero-order chi connectivity index (χ0) is 14.8. The van der Waals surface area contributed by atoms with Gasteiger partial charge in [-0.3, -0.25) is 0 Å². The fourth-order valence-corrected chi connectivity index (χ4v) is 2.36. The van der Waals surface area contributed by atoms with Crippen molar-refractivity contribution < 1.29 is 9.13 Å². The van der Waals surface area contributed by atoms with E-state index in [0.29, 0.717) is 12.5 Å². The van der Waals surface area contributed by atoms with Gasteiger partial charge in [0.15, 0.2) is 0 Å². The highest BCUT2D eigenvalue weighted by atomic mass is 19.1. The van der Waals surface area contributed by atoms with Crippen LogP contribution in [0.15, 0.2) is 30.4 Å². The molecule has 1 rings (SSSR count). The molecular formula is C18H27FO. The van der Waals surface area contributed by atoms with Gasteiger partial charge in [-0.15, -0.1) is 0 Å². The van der Waals surface area contributed by atoms with Crippen LogP contribution in [0.2, 0.25) is 0 Å². The summed E-state index contributed by atoms with van der Waals surface area (Å²) in [5.41, 5.74) is 1.01. The van der Waals surface area contributed by atoms with Gasteiger partial charge in [0.05, 0.1) is 6.61 Å². The standard InChI is InChI=1S/C18H27FO/c1-4-7-8-10-15(9-5-2)17-14-16(19)11-12-18(17)20-13-6-3/h7-8,11-12,14-15H,4-6,9-10,13H2,1-3H3/b8-7-. The van der Waals surface area contributed by atoms with Crippen LogP contribution in [0, 0.1) is 5.82 Å². The number of ether oxygens (including phenoxy) is 1. The number of halogens is 1. The molecule has 0 bridgehead atoms. The van der Waals surface area contributed by atoms with Crippen molar-refractivity contribution in [1.82, 2.24) is 0 Å². The predicted molar refractivity (Wildman–Crippen MR) is 83.9 cm³/mol. The Morgan fingerprint density at radius 2 is 1.95 bits per heavy atom. The zero-order valence-corrected chi connectivity index (χ0v) is 13.0. The molecular weight excluding hydrogens is 251 g/mol. The first-order valence-electron chi connectivity index (χ1n) is 7.80. The largest absolute Gasteiger partial charge is 0.493 e. The molecule has 112 valence electrons. The van der Waals surface area contributed by atoms with Crippen molar-refractivity contribution in [2.24, 2.45) is 0 Å². The van der Waals surface area contributed by atoms with Crippen molar-refractivity contribution in [3.05, 3.63) is 41.7 Å². The topological polar surface area (TPSA) is 9.23 Å². The lowest BCUT2D eigenvalue weighted by Gasteiger charge is -2.19. The van der Waals surface area contributed by atoms with Crippen LogP contribution in [0.4, 0.5) is 4.39 Å². The van der Waals surface area contributed by atoms with Gasteiger partial charge >= 0.3 is 0 Å². The van der Waals surface area contributed by atoms with Crippen LogP contribution in [0.25, 0.3) is 0 Å². The number of allylic oxidation sites excluding steroid dienone is 2. The van der Waals surface area contributed by atoms with Crippen molar-refractivity contribution in [2.75, 3.05) is 6.61 Å². The predicted octanol–water partition coefficient (Wildman–Crippen LogP) is 5.85. The Bertz CT molecular complexity index is 412. The molecule has 1 aromatic carbocycles. The molecule has 0 aliphatic carbocycles. The van der Waals surface area contributed by atoms with Crippen molar-refractivity contribution in [2.45, 2.75) is 58.8 Å². The van der Waals surface area contributed by atoms with Gasteiger partial charge in [0.2, 0.25) is 0 Å². The Labute approximate surface area is 122 Å². The van der Waals surface area contributed by atoms with E-state index in [9.17, 15) is 4.39 Å². The van der Waals surface area contributed by atoms with E-state index in [1.54, 1.807) is 12.1 Å². The van der Waals surface area contributed by atoms with Gasteiger partial charge in [-0.2, -0.15) is 0 Å². The van der Waals surface area contributed by atoms with E-state index in [1.165, 1.54) is 6.07 Å². The van der Waals surface area contributed by atoms with Crippen molar-refractivity contribution >= 4 is 0 Å². The summed E-state index contributed by atoms with van der Waals surface area (Å²) in [7, 11) is 0. The van der Waals surface area contributed by atoms with Crippen molar-refractivity contribution in [1.29, 1.82) is 0 Å². The van der Waals surface area contributed by atoms with E-state index in [1.807, 2.05) is 0 Å². The van der Waals surface area contributed by atoms with Crippen LogP contribution in [0.1, 0.15) is 64.4 Å². The molecule has 0 spiro atoms. The minimum Gasteiger partial charge on any atom is -0.493 e. The Kier molecular flexibility index (Phi) is 8.01. The number of rotatable bonds is 9. The Morgan fingerprint density at radius 1 is 1.15 bits per heavy atom. The van der Waals surface area contributed by atoms with Crippen molar-refractivity contribution in [3.8, 4) is 5.75 Å². The Morgan fingerprint density at radius 3 is 2.60 bits per heavy atom. The molecule has 1 atom stereocenters. The summed E-state index contributed by atoms with van der Waals surface area (Å²) in [5, 5.41) is 0. The summed E-state index contributed by atoms with van der Waals surface area (Å²) >= 11 is 0. The molecule has 2 heteroatoms. The average molecular weight is 278 g/mol. The minimum absolute atomic E-state index is 0.176. The summed E-state index contributed by atoms with van der Waals surface area (Å²) < 4.78 is 19.4. The molecule has 0 heterocycles. The first-order valence-corrected chi connectivity index (χ1v) is 7.80. The van der Waals surface area contributed by atoms with E-state index in [0.717, 1.165) is 43.4 Å². The fourth-order valence-electron chi connectivity index (χ4n) is 2.36. The van der Waals surface area contributed by atoms with E-state index in [-0.39, 0.29) is 5.82 Å².